The maximum absolute atomic E-state index is 14.4. The van der Waals surface area contributed by atoms with Gasteiger partial charge in [-0.2, -0.15) is 0 Å². The fourth-order valence-electron chi connectivity index (χ4n) is 14.2. The number of ether oxygens (including phenoxy) is 6. The molecule has 1 aromatic rings. The molecule has 1 spiro atoms. The number of sulfonamides is 1. The number of esters is 4. The third kappa shape index (κ3) is 4.91. The lowest BCUT2D eigenvalue weighted by molar-refractivity contribution is -0.285. The van der Waals surface area contributed by atoms with Gasteiger partial charge in [0.25, 0.3) is 0 Å². The first-order valence-corrected chi connectivity index (χ1v) is 22.1. The molecule has 3 saturated heterocycles. The number of benzene rings is 1. The SMILES string of the molecule is CC(=O)O[C@H]1[C@H]2[C@@H]([C@@H](O)[C@@H](NS(=O)(=O)c3cccc(Br)c3)[C@H]3C[C@@H]4O[C@@H]4[C@H](OC(C)=O)[C@]23C)[C@@H]2[C@@H](O)[C@@H]3[C@H]([C@H](C)[C@H]4O[C@]45OC(=O)[C@@](C)(O)[C@]35C)[C@@]2(C)[C@H]1OC(C)=O. The molecular weight excluding hydrogens is 846 g/mol. The van der Waals surface area contributed by atoms with Gasteiger partial charge in [-0.1, -0.05) is 42.8 Å². The van der Waals surface area contributed by atoms with E-state index < -0.39 is 158 Å². The van der Waals surface area contributed by atoms with E-state index in [1.54, 1.807) is 32.9 Å². The molecule has 5 aliphatic carbocycles. The molecule has 21 atom stereocenters. The molecule has 9 rings (SSSR count). The molecule has 18 heteroatoms. The molecule has 0 unspecified atom stereocenters. The number of hydrogen-bond acceptors (Lipinski definition) is 15. The lowest BCUT2D eigenvalue weighted by Crippen LogP contribution is -2.77. The van der Waals surface area contributed by atoms with E-state index in [0.717, 1.165) is 0 Å². The molecule has 1 aromatic carbocycles. The van der Waals surface area contributed by atoms with E-state index in [2.05, 4.69) is 20.7 Å². The topological polar surface area (TPSA) is 237 Å². The van der Waals surface area contributed by atoms with Gasteiger partial charge < -0.3 is 43.7 Å². The van der Waals surface area contributed by atoms with Crippen molar-refractivity contribution >= 4 is 49.8 Å². The number of rotatable bonds is 6. The average molecular weight is 897 g/mol. The van der Waals surface area contributed by atoms with E-state index >= 15 is 0 Å². The third-order valence-corrected chi connectivity index (χ3v) is 18.3. The number of hydrogen-bond donors (Lipinski definition) is 4. The molecule has 58 heavy (non-hydrogen) atoms. The lowest BCUT2D eigenvalue weighted by atomic mass is 9.40. The van der Waals surface area contributed by atoms with Crippen LogP contribution < -0.4 is 4.72 Å². The van der Waals surface area contributed by atoms with Gasteiger partial charge in [0.15, 0.2) is 5.60 Å². The molecule has 4 N–H and O–H groups in total. The van der Waals surface area contributed by atoms with Gasteiger partial charge in [0.2, 0.25) is 15.8 Å². The molecule has 0 radical (unpaired) electrons. The van der Waals surface area contributed by atoms with Gasteiger partial charge in [-0.3, -0.25) is 14.4 Å². The Hall–Kier alpha value is -2.71. The van der Waals surface area contributed by atoms with Gasteiger partial charge in [-0.25, -0.2) is 17.9 Å². The lowest BCUT2D eigenvalue weighted by Gasteiger charge is -2.67. The Morgan fingerprint density at radius 3 is 2.16 bits per heavy atom. The molecule has 8 fully saturated rings. The van der Waals surface area contributed by atoms with E-state index in [-0.39, 0.29) is 11.3 Å². The third-order valence-electron chi connectivity index (χ3n) is 16.4. The summed E-state index contributed by atoms with van der Waals surface area (Å²) < 4.78 is 69.0. The summed E-state index contributed by atoms with van der Waals surface area (Å²) >= 11 is 3.35. The van der Waals surface area contributed by atoms with E-state index in [1.165, 1.54) is 39.8 Å². The predicted octanol–water partition coefficient (Wildman–Crippen LogP) is 1.59. The van der Waals surface area contributed by atoms with Gasteiger partial charge in [0.05, 0.1) is 34.7 Å². The molecule has 8 aliphatic rings. The Morgan fingerprint density at radius 2 is 1.53 bits per heavy atom. The van der Waals surface area contributed by atoms with Gasteiger partial charge in [0, 0.05) is 53.8 Å². The van der Waals surface area contributed by atoms with E-state index in [1.807, 2.05) is 6.92 Å². The van der Waals surface area contributed by atoms with Crippen molar-refractivity contribution in [2.24, 2.45) is 57.7 Å². The summed E-state index contributed by atoms with van der Waals surface area (Å²) in [5.74, 6) is -11.0. The van der Waals surface area contributed by atoms with Gasteiger partial charge in [-0.15, -0.1) is 0 Å². The molecule has 3 aliphatic heterocycles. The summed E-state index contributed by atoms with van der Waals surface area (Å²) in [4.78, 5) is 53.0. The van der Waals surface area contributed by atoms with Crippen molar-refractivity contribution in [3.05, 3.63) is 28.7 Å². The number of carbonyl (C=O) groups is 4. The average Bonchev–Trinajstić information content (AvgIpc) is 4.03. The van der Waals surface area contributed by atoms with Gasteiger partial charge in [0.1, 0.15) is 30.5 Å². The second kappa shape index (κ2) is 12.4. The Kier molecular flexibility index (Phi) is 8.73. The molecule has 3 heterocycles. The van der Waals surface area contributed by atoms with Crippen molar-refractivity contribution in [3.8, 4) is 0 Å². The fourth-order valence-corrected chi connectivity index (χ4v) is 16.1. The monoisotopic (exact) mass is 895 g/mol. The van der Waals surface area contributed by atoms with Crippen LogP contribution in [0, 0.1) is 57.7 Å². The number of fused-ring (bicyclic) bond motifs is 9. The molecular formula is C40H50BrNO15S. The highest BCUT2D eigenvalue weighted by Gasteiger charge is 2.93. The number of epoxide rings is 2. The molecule has 5 saturated carbocycles. The summed E-state index contributed by atoms with van der Waals surface area (Å²) in [6.07, 6.45) is -8.39. The zero-order chi connectivity index (χ0) is 42.2. The number of aliphatic hydroxyl groups is 3. The van der Waals surface area contributed by atoms with Crippen LogP contribution in [0.25, 0.3) is 0 Å². The Bertz CT molecular complexity index is 2120. The fraction of sp³-hybridized carbons (Fsp3) is 0.750. The zero-order valence-corrected chi connectivity index (χ0v) is 35.7. The number of carbonyl (C=O) groups excluding carboxylic acids is 4. The second-order valence-corrected chi connectivity index (χ2v) is 21.5. The van der Waals surface area contributed by atoms with Crippen molar-refractivity contribution in [2.45, 2.75) is 133 Å². The second-order valence-electron chi connectivity index (χ2n) is 18.8. The molecule has 16 nitrogen and oxygen atoms in total. The van der Waals surface area contributed by atoms with Crippen LogP contribution in [-0.2, 0) is 57.6 Å². The summed E-state index contributed by atoms with van der Waals surface area (Å²) in [6.45, 7) is 12.1. The first-order valence-electron chi connectivity index (χ1n) is 19.9. The van der Waals surface area contributed by atoms with Crippen molar-refractivity contribution in [3.63, 3.8) is 0 Å². The first-order chi connectivity index (χ1) is 26.9. The minimum Gasteiger partial charge on any atom is -0.459 e. The van der Waals surface area contributed by atoms with Crippen LogP contribution in [0.15, 0.2) is 33.6 Å². The molecule has 0 bridgehead atoms. The van der Waals surface area contributed by atoms with Crippen LogP contribution in [0.5, 0.6) is 0 Å². The van der Waals surface area contributed by atoms with Crippen LogP contribution in [0.3, 0.4) is 0 Å². The minimum absolute atomic E-state index is 0.0849. The summed E-state index contributed by atoms with van der Waals surface area (Å²) in [5.41, 5.74) is -6.53. The molecule has 0 aromatic heterocycles. The van der Waals surface area contributed by atoms with E-state index in [4.69, 9.17) is 28.4 Å². The maximum atomic E-state index is 14.4. The quantitative estimate of drug-likeness (QED) is 0.180. The highest BCUT2D eigenvalue weighted by atomic mass is 79.9. The van der Waals surface area contributed by atoms with Crippen molar-refractivity contribution in [2.75, 3.05) is 0 Å². The van der Waals surface area contributed by atoms with Crippen LogP contribution in [-0.4, -0.2) is 114 Å². The zero-order valence-electron chi connectivity index (χ0n) is 33.3. The summed E-state index contributed by atoms with van der Waals surface area (Å²) in [5, 5.41) is 38.4. The van der Waals surface area contributed by atoms with Crippen molar-refractivity contribution in [1.29, 1.82) is 0 Å². The highest BCUT2D eigenvalue weighted by Crippen LogP contribution is 2.81. The van der Waals surface area contributed by atoms with Crippen molar-refractivity contribution in [1.82, 2.24) is 4.72 Å². The Balaban J connectivity index is 1.29. The number of nitrogens with one attached hydrogen (secondary N) is 1. The molecule has 318 valence electrons. The molecule has 0 amide bonds. The highest BCUT2D eigenvalue weighted by molar-refractivity contribution is 9.10. The first kappa shape index (κ1) is 40.7. The summed E-state index contributed by atoms with van der Waals surface area (Å²) in [7, 11) is -4.37. The Labute approximate surface area is 344 Å². The largest absolute Gasteiger partial charge is 0.459 e. The van der Waals surface area contributed by atoms with Crippen LogP contribution in [0.2, 0.25) is 0 Å². The van der Waals surface area contributed by atoms with Crippen molar-refractivity contribution < 1.29 is 71.3 Å². The maximum Gasteiger partial charge on any atom is 0.341 e. The standard InChI is InChI=1S/C40H50BrNO15S/c1-14-23-26(38(7)39(8,49)35(48)57-40(38)32(14)56-40)29(47)24-22-25(31(52-15(2)43)34(37(23,24)6)54-17(4)45)36(5)20(13-21-30(55-21)33(36)53-16(3)44)27(28(22)46)42-58(50,51)19-11-9-10-18(41)12-19/h9-12,14,20-34,42,46-47,49H,13H2,1-8H3/t14-,20+,21-,22-,23-,24+,25+,26-,27-,28+,29+,30-,31-,32+,33-,34-,36-,37+,38-,39+,40-/m0/s1. The predicted molar refractivity (Wildman–Crippen MR) is 199 cm³/mol. The smallest absolute Gasteiger partial charge is 0.341 e. The minimum atomic E-state index is -4.37. The van der Waals surface area contributed by atoms with Crippen LogP contribution >= 0.6 is 15.9 Å². The number of halogens is 1. The van der Waals surface area contributed by atoms with Gasteiger partial charge >= 0.3 is 23.9 Å². The van der Waals surface area contributed by atoms with E-state index in [9.17, 15) is 42.9 Å². The Morgan fingerprint density at radius 1 is 0.897 bits per heavy atom. The van der Waals surface area contributed by atoms with Gasteiger partial charge in [-0.05, 0) is 62.1 Å². The van der Waals surface area contributed by atoms with Crippen LogP contribution in [0.4, 0.5) is 0 Å². The van der Waals surface area contributed by atoms with E-state index in [0.29, 0.717) is 4.47 Å². The van der Waals surface area contributed by atoms with Crippen LogP contribution in [0.1, 0.15) is 61.8 Å². The normalized spacial score (nSPS) is 52.9. The number of aliphatic hydroxyl groups excluding tert-OH is 2. The summed E-state index contributed by atoms with van der Waals surface area (Å²) in [6, 6.07) is 4.79.